The average molecular weight is 191 g/mol. The quantitative estimate of drug-likeness (QED) is 0.682. The zero-order valence-electron chi connectivity index (χ0n) is 7.76. The first-order chi connectivity index (χ1) is 6.31. The third-order valence-electron chi connectivity index (χ3n) is 2.59. The van der Waals surface area contributed by atoms with E-state index >= 15 is 0 Å². The zero-order chi connectivity index (χ0) is 9.26. The van der Waals surface area contributed by atoms with Crippen LogP contribution < -0.4 is 5.32 Å². The van der Waals surface area contributed by atoms with Crippen molar-refractivity contribution in [2.24, 2.45) is 0 Å². The summed E-state index contributed by atoms with van der Waals surface area (Å²) in [4.78, 5) is 0.842. The molecule has 0 saturated heterocycles. The number of thiocarbonyl (C=S) groups is 1. The van der Waals surface area contributed by atoms with Gasteiger partial charge in [0, 0.05) is 12.6 Å². The normalized spacial score (nSPS) is 13.9. The maximum absolute atomic E-state index is 5.18. The summed E-state index contributed by atoms with van der Waals surface area (Å²) < 4.78 is 0. The molecule has 1 aromatic rings. The van der Waals surface area contributed by atoms with Crippen molar-refractivity contribution in [3.8, 4) is 0 Å². The van der Waals surface area contributed by atoms with Gasteiger partial charge in [-0.15, -0.1) is 0 Å². The fraction of sp³-hybridized carbons (Fsp3) is 0.364. The van der Waals surface area contributed by atoms with Crippen molar-refractivity contribution in [2.75, 3.05) is 7.05 Å². The molecular weight excluding hydrogens is 178 g/mol. The molecule has 0 amide bonds. The third-order valence-corrected chi connectivity index (χ3v) is 3.03. The zero-order valence-corrected chi connectivity index (χ0v) is 8.58. The lowest BCUT2D eigenvalue weighted by Crippen LogP contribution is -2.16. The summed E-state index contributed by atoms with van der Waals surface area (Å²) >= 11 is 5.18. The number of benzene rings is 1. The molecule has 0 saturated carbocycles. The second-order valence-corrected chi connectivity index (χ2v) is 3.82. The maximum Gasteiger partial charge on any atom is 0.106 e. The Morgan fingerprint density at radius 1 is 1.31 bits per heavy atom. The van der Waals surface area contributed by atoms with Crippen molar-refractivity contribution in [1.29, 1.82) is 0 Å². The third kappa shape index (κ3) is 1.59. The Morgan fingerprint density at radius 3 is 2.85 bits per heavy atom. The Morgan fingerprint density at radius 2 is 2.08 bits per heavy atom. The first kappa shape index (κ1) is 8.70. The molecular formula is C11H13NS. The number of aryl methyl sites for hydroxylation is 2. The molecule has 68 valence electrons. The van der Waals surface area contributed by atoms with Crippen LogP contribution in [-0.4, -0.2) is 12.0 Å². The van der Waals surface area contributed by atoms with Crippen LogP contribution in [0, 0.1) is 0 Å². The summed E-state index contributed by atoms with van der Waals surface area (Å²) in [6.45, 7) is 0. The van der Waals surface area contributed by atoms with E-state index in [2.05, 4.69) is 23.5 Å². The predicted molar refractivity (Wildman–Crippen MR) is 59.2 cm³/mol. The van der Waals surface area contributed by atoms with Crippen molar-refractivity contribution in [2.45, 2.75) is 19.3 Å². The highest BCUT2D eigenvalue weighted by Gasteiger charge is 2.11. The van der Waals surface area contributed by atoms with Crippen molar-refractivity contribution in [3.63, 3.8) is 0 Å². The van der Waals surface area contributed by atoms with Crippen molar-refractivity contribution in [3.05, 3.63) is 34.9 Å². The van der Waals surface area contributed by atoms with Gasteiger partial charge in [0.25, 0.3) is 0 Å². The Balaban J connectivity index is 2.36. The number of nitrogens with one attached hydrogen (secondary N) is 1. The number of hydrogen-bond donors (Lipinski definition) is 1. The van der Waals surface area contributed by atoms with Crippen LogP contribution in [0.5, 0.6) is 0 Å². The van der Waals surface area contributed by atoms with Crippen LogP contribution >= 0.6 is 12.2 Å². The first-order valence-corrected chi connectivity index (χ1v) is 5.06. The molecule has 1 nitrogen and oxygen atoms in total. The summed E-state index contributed by atoms with van der Waals surface area (Å²) in [5, 5.41) is 3.00. The Labute approximate surface area is 84.2 Å². The van der Waals surface area contributed by atoms with Crippen molar-refractivity contribution in [1.82, 2.24) is 5.32 Å². The molecule has 0 fully saturated rings. The minimum absolute atomic E-state index is 0.842. The van der Waals surface area contributed by atoms with E-state index in [0.29, 0.717) is 0 Å². The SMILES string of the molecule is CNC(=S)c1ccc2c(c1)CCC2. The fourth-order valence-corrected chi connectivity index (χ4v) is 1.98. The first-order valence-electron chi connectivity index (χ1n) is 4.65. The maximum atomic E-state index is 5.18. The molecule has 0 aromatic heterocycles. The molecule has 1 aromatic carbocycles. The summed E-state index contributed by atoms with van der Waals surface area (Å²) in [5.41, 5.74) is 4.14. The van der Waals surface area contributed by atoms with E-state index in [1.54, 1.807) is 0 Å². The molecule has 0 heterocycles. The monoisotopic (exact) mass is 191 g/mol. The van der Waals surface area contributed by atoms with E-state index < -0.39 is 0 Å². The summed E-state index contributed by atoms with van der Waals surface area (Å²) in [5.74, 6) is 0. The van der Waals surface area contributed by atoms with Gasteiger partial charge < -0.3 is 5.32 Å². The van der Waals surface area contributed by atoms with Gasteiger partial charge in [-0.1, -0.05) is 24.4 Å². The fourth-order valence-electron chi connectivity index (χ4n) is 1.86. The van der Waals surface area contributed by atoms with Gasteiger partial charge in [-0.05, 0) is 36.5 Å². The molecule has 2 rings (SSSR count). The highest BCUT2D eigenvalue weighted by Crippen LogP contribution is 2.22. The van der Waals surface area contributed by atoms with Crippen LogP contribution in [0.1, 0.15) is 23.1 Å². The lowest BCUT2D eigenvalue weighted by molar-refractivity contribution is 0.912. The van der Waals surface area contributed by atoms with E-state index in [1.165, 1.54) is 30.4 Å². The van der Waals surface area contributed by atoms with E-state index in [1.807, 2.05) is 7.05 Å². The second kappa shape index (κ2) is 3.46. The van der Waals surface area contributed by atoms with E-state index in [9.17, 15) is 0 Å². The van der Waals surface area contributed by atoms with E-state index in [4.69, 9.17) is 12.2 Å². The molecule has 2 heteroatoms. The molecule has 0 radical (unpaired) electrons. The van der Waals surface area contributed by atoms with Gasteiger partial charge in [-0.3, -0.25) is 0 Å². The van der Waals surface area contributed by atoms with Crippen molar-refractivity contribution >= 4 is 17.2 Å². The predicted octanol–water partition coefficient (Wildman–Crippen LogP) is 2.07. The van der Waals surface area contributed by atoms with E-state index in [-0.39, 0.29) is 0 Å². The largest absolute Gasteiger partial charge is 0.379 e. The van der Waals surface area contributed by atoms with Gasteiger partial charge in [-0.25, -0.2) is 0 Å². The lowest BCUT2D eigenvalue weighted by Gasteiger charge is -2.05. The van der Waals surface area contributed by atoms with Gasteiger partial charge in [0.15, 0.2) is 0 Å². The standard InChI is InChI=1S/C11H13NS/c1-12-11(13)10-6-5-8-3-2-4-9(8)7-10/h5-7H,2-4H2,1H3,(H,12,13). The van der Waals surface area contributed by atoms with Crippen LogP contribution in [0.25, 0.3) is 0 Å². The summed E-state index contributed by atoms with van der Waals surface area (Å²) in [6.07, 6.45) is 3.75. The summed E-state index contributed by atoms with van der Waals surface area (Å²) in [6, 6.07) is 6.55. The van der Waals surface area contributed by atoms with Gasteiger partial charge in [-0.2, -0.15) is 0 Å². The molecule has 0 aliphatic heterocycles. The molecule has 0 bridgehead atoms. The average Bonchev–Trinajstić information content (AvgIpc) is 2.63. The molecule has 0 atom stereocenters. The van der Waals surface area contributed by atoms with Crippen LogP contribution in [0.15, 0.2) is 18.2 Å². The highest BCUT2D eigenvalue weighted by atomic mass is 32.1. The van der Waals surface area contributed by atoms with Gasteiger partial charge >= 0.3 is 0 Å². The topological polar surface area (TPSA) is 12.0 Å². The minimum atomic E-state index is 0.842. The molecule has 0 spiro atoms. The number of rotatable bonds is 1. The van der Waals surface area contributed by atoms with E-state index in [0.717, 1.165) is 10.6 Å². The Kier molecular flexibility index (Phi) is 2.32. The Hall–Kier alpha value is -0.890. The van der Waals surface area contributed by atoms with Crippen LogP contribution in [0.3, 0.4) is 0 Å². The van der Waals surface area contributed by atoms with Gasteiger partial charge in [0.1, 0.15) is 4.99 Å². The van der Waals surface area contributed by atoms with Gasteiger partial charge in [0.05, 0.1) is 0 Å². The second-order valence-electron chi connectivity index (χ2n) is 3.42. The molecule has 13 heavy (non-hydrogen) atoms. The van der Waals surface area contributed by atoms with Crippen LogP contribution in [0.4, 0.5) is 0 Å². The highest BCUT2D eigenvalue weighted by molar-refractivity contribution is 7.80. The number of fused-ring (bicyclic) bond motifs is 1. The molecule has 1 aliphatic rings. The van der Waals surface area contributed by atoms with Crippen molar-refractivity contribution < 1.29 is 0 Å². The summed E-state index contributed by atoms with van der Waals surface area (Å²) in [7, 11) is 1.87. The van der Waals surface area contributed by atoms with Gasteiger partial charge in [0.2, 0.25) is 0 Å². The molecule has 1 aliphatic carbocycles. The molecule has 0 unspecified atom stereocenters. The molecule has 1 N–H and O–H groups in total. The van der Waals surface area contributed by atoms with Crippen LogP contribution in [-0.2, 0) is 12.8 Å². The number of hydrogen-bond acceptors (Lipinski definition) is 1. The lowest BCUT2D eigenvalue weighted by atomic mass is 10.1. The van der Waals surface area contributed by atoms with Crippen LogP contribution in [0.2, 0.25) is 0 Å². The smallest absolute Gasteiger partial charge is 0.106 e. The Bertz CT molecular complexity index is 344. The minimum Gasteiger partial charge on any atom is -0.379 e.